The predicted molar refractivity (Wildman–Crippen MR) is 184 cm³/mol. The number of nitrogens with two attached hydrogens (primary N) is 1. The maximum atomic E-state index is 14.2. The number of hydrogen-bond donors (Lipinski definition) is 1. The molecule has 22 heteroatoms. The van der Waals surface area contributed by atoms with E-state index in [0.29, 0.717) is 0 Å². The Kier molecular flexibility index (Phi) is 18.3. The highest BCUT2D eigenvalue weighted by Gasteiger charge is 2.54. The average molecular weight is 819 g/mol. The fraction of sp³-hybridized carbons (Fsp3) is 0.714. The standard InChI is InChI=1S/C35H50N2O20/c1-15(35(36)47)37(11-10-24-29(50-18(4)40)33(54-22(8)44)31(52-20(6)42)26(56-24)13-48-16(2)38)28(46)12-25-30(51-19(5)41)34(55-23(9)45)32(53-21(7)43)27(57-25)14-49-17(3)39/h15,24-27,29-34H,10-14H2,1-9H3,(H2,36,47)/t15-,24-,25+,26-,27+,29+,30+,31-,32+,33-,34+/m0/s1. The Labute approximate surface area is 327 Å². The smallest absolute Gasteiger partial charge is 0.303 e. The Hall–Kier alpha value is -5.38. The van der Waals surface area contributed by atoms with Gasteiger partial charge in [-0.15, -0.1) is 0 Å². The largest absolute Gasteiger partial charge is 0.463 e. The summed E-state index contributed by atoms with van der Waals surface area (Å²) in [7, 11) is 0. The molecule has 0 aromatic heterocycles. The van der Waals surface area contributed by atoms with Crippen LogP contribution in [-0.2, 0) is 95.3 Å². The number of hydrogen-bond acceptors (Lipinski definition) is 20. The van der Waals surface area contributed by atoms with E-state index in [0.717, 1.165) is 60.3 Å². The molecule has 0 spiro atoms. The van der Waals surface area contributed by atoms with E-state index in [4.69, 9.17) is 53.1 Å². The second-order valence-electron chi connectivity index (χ2n) is 13.1. The molecule has 2 N–H and O–H groups in total. The summed E-state index contributed by atoms with van der Waals surface area (Å²) < 4.78 is 54.9. The van der Waals surface area contributed by atoms with Crippen LogP contribution in [0.15, 0.2) is 0 Å². The molecular weight excluding hydrogens is 768 g/mol. The molecule has 320 valence electrons. The third-order valence-corrected chi connectivity index (χ3v) is 8.40. The summed E-state index contributed by atoms with van der Waals surface area (Å²) in [6.07, 6.45) is -15.6. The van der Waals surface area contributed by atoms with E-state index >= 15 is 0 Å². The van der Waals surface area contributed by atoms with E-state index in [1.807, 2.05) is 0 Å². The molecule has 0 unspecified atom stereocenters. The highest BCUT2D eigenvalue weighted by Crippen LogP contribution is 2.33. The lowest BCUT2D eigenvalue weighted by Gasteiger charge is -2.45. The Morgan fingerprint density at radius 3 is 1.14 bits per heavy atom. The van der Waals surface area contributed by atoms with Crippen LogP contribution in [0.5, 0.6) is 0 Å². The first-order chi connectivity index (χ1) is 26.5. The number of carbonyl (C=O) groups excluding carboxylic acids is 10. The summed E-state index contributed by atoms with van der Waals surface area (Å²) in [4.78, 5) is 125. The molecule has 2 rings (SSSR count). The third-order valence-electron chi connectivity index (χ3n) is 8.40. The van der Waals surface area contributed by atoms with Gasteiger partial charge >= 0.3 is 47.8 Å². The molecule has 0 radical (unpaired) electrons. The van der Waals surface area contributed by atoms with Crippen molar-refractivity contribution in [1.29, 1.82) is 0 Å². The zero-order valence-electron chi connectivity index (χ0n) is 33.1. The van der Waals surface area contributed by atoms with Crippen LogP contribution in [0.1, 0.15) is 75.2 Å². The minimum absolute atomic E-state index is 0.291. The van der Waals surface area contributed by atoms with Gasteiger partial charge in [-0.3, -0.25) is 47.9 Å². The molecule has 2 heterocycles. The first kappa shape index (κ1) is 47.8. The van der Waals surface area contributed by atoms with E-state index in [9.17, 15) is 47.9 Å². The number of primary amides is 1. The number of ether oxygens (including phenoxy) is 10. The third kappa shape index (κ3) is 14.9. The SMILES string of the molecule is CC(=O)OC[C@@H]1O[C@@H](CCN(C(=O)C[C@H]2O[C@H](COC(C)=O)[C@@H](OC(C)=O)[C@H](OC(C)=O)[C@@H]2OC(C)=O)[C@@H](C)C(N)=O)[C@@H](OC(C)=O)[C@H](OC(C)=O)[C@H]1OC(C)=O. The number of amides is 2. The van der Waals surface area contributed by atoms with Crippen LogP contribution in [0.4, 0.5) is 0 Å². The van der Waals surface area contributed by atoms with Gasteiger partial charge < -0.3 is 58.0 Å². The molecule has 2 aliphatic heterocycles. The molecule has 0 saturated carbocycles. The second kappa shape index (κ2) is 21.8. The molecule has 11 atom stereocenters. The van der Waals surface area contributed by atoms with Gasteiger partial charge in [0, 0.05) is 61.9 Å². The zero-order chi connectivity index (χ0) is 43.3. The summed E-state index contributed by atoms with van der Waals surface area (Å²) in [5.74, 6) is -8.61. The number of carbonyl (C=O) groups is 10. The van der Waals surface area contributed by atoms with Crippen molar-refractivity contribution in [2.45, 2.75) is 142 Å². The second-order valence-corrected chi connectivity index (χ2v) is 13.1. The van der Waals surface area contributed by atoms with Gasteiger partial charge in [0.2, 0.25) is 11.8 Å². The Morgan fingerprint density at radius 2 is 0.807 bits per heavy atom. The van der Waals surface area contributed by atoms with Crippen molar-refractivity contribution < 1.29 is 95.3 Å². The fourth-order valence-electron chi connectivity index (χ4n) is 6.28. The summed E-state index contributed by atoms with van der Waals surface area (Å²) in [6.45, 7) is 8.24. The summed E-state index contributed by atoms with van der Waals surface area (Å²) in [5.41, 5.74) is 5.62. The van der Waals surface area contributed by atoms with E-state index in [-0.39, 0.29) is 6.42 Å². The Morgan fingerprint density at radius 1 is 0.491 bits per heavy atom. The van der Waals surface area contributed by atoms with Gasteiger partial charge in [0.05, 0.1) is 6.42 Å². The normalized spacial score (nSPS) is 27.2. The molecule has 2 amide bonds. The molecule has 0 aromatic carbocycles. The van der Waals surface area contributed by atoms with Crippen molar-refractivity contribution in [2.75, 3.05) is 19.8 Å². The van der Waals surface area contributed by atoms with Crippen molar-refractivity contribution in [3.63, 3.8) is 0 Å². The first-order valence-corrected chi connectivity index (χ1v) is 17.7. The molecule has 22 nitrogen and oxygen atoms in total. The zero-order valence-corrected chi connectivity index (χ0v) is 33.1. The Bertz CT molecular complexity index is 1530. The quantitative estimate of drug-likeness (QED) is 0.132. The maximum absolute atomic E-state index is 14.2. The van der Waals surface area contributed by atoms with Crippen LogP contribution in [-0.4, -0.2) is 151 Å². The highest BCUT2D eigenvalue weighted by molar-refractivity contribution is 5.86. The average Bonchev–Trinajstić information content (AvgIpc) is 3.06. The van der Waals surface area contributed by atoms with Gasteiger partial charge in [-0.05, 0) is 13.3 Å². The highest BCUT2D eigenvalue weighted by atomic mass is 16.7. The van der Waals surface area contributed by atoms with Gasteiger partial charge in [-0.2, -0.15) is 0 Å². The lowest BCUT2D eigenvalue weighted by atomic mass is 9.91. The van der Waals surface area contributed by atoms with Crippen LogP contribution in [0, 0.1) is 0 Å². The maximum Gasteiger partial charge on any atom is 0.303 e. The lowest BCUT2D eigenvalue weighted by molar-refractivity contribution is -0.254. The minimum atomic E-state index is -1.60. The molecule has 2 aliphatic rings. The summed E-state index contributed by atoms with van der Waals surface area (Å²) in [6, 6.07) is -1.35. The first-order valence-electron chi connectivity index (χ1n) is 17.7. The fourth-order valence-corrected chi connectivity index (χ4v) is 6.28. The van der Waals surface area contributed by atoms with Gasteiger partial charge in [-0.1, -0.05) is 0 Å². The lowest BCUT2D eigenvalue weighted by Crippen LogP contribution is -2.63. The van der Waals surface area contributed by atoms with Crippen LogP contribution >= 0.6 is 0 Å². The minimum Gasteiger partial charge on any atom is -0.463 e. The van der Waals surface area contributed by atoms with Gasteiger partial charge in [0.1, 0.15) is 43.7 Å². The molecule has 2 saturated heterocycles. The molecular formula is C35H50N2O20. The van der Waals surface area contributed by atoms with Gasteiger partial charge in [0.25, 0.3) is 0 Å². The van der Waals surface area contributed by atoms with E-state index in [1.54, 1.807) is 0 Å². The van der Waals surface area contributed by atoms with E-state index < -0.39 is 153 Å². The summed E-state index contributed by atoms with van der Waals surface area (Å²) >= 11 is 0. The molecule has 0 aliphatic carbocycles. The number of rotatable bonds is 17. The number of nitrogens with zero attached hydrogens (tertiary/aromatic N) is 1. The van der Waals surface area contributed by atoms with E-state index in [1.165, 1.54) is 6.92 Å². The molecule has 57 heavy (non-hydrogen) atoms. The van der Waals surface area contributed by atoms with E-state index in [2.05, 4.69) is 0 Å². The number of esters is 8. The van der Waals surface area contributed by atoms with Crippen molar-refractivity contribution in [3.8, 4) is 0 Å². The summed E-state index contributed by atoms with van der Waals surface area (Å²) in [5, 5.41) is 0. The predicted octanol–water partition coefficient (Wildman–Crippen LogP) is -1.28. The van der Waals surface area contributed by atoms with Crippen LogP contribution < -0.4 is 5.73 Å². The Balaban J connectivity index is 2.60. The van der Waals surface area contributed by atoms with Crippen molar-refractivity contribution in [1.82, 2.24) is 4.90 Å². The molecule has 0 bridgehead atoms. The van der Waals surface area contributed by atoms with Crippen molar-refractivity contribution >= 4 is 59.6 Å². The monoisotopic (exact) mass is 818 g/mol. The van der Waals surface area contributed by atoms with Crippen LogP contribution in [0.25, 0.3) is 0 Å². The van der Waals surface area contributed by atoms with Crippen molar-refractivity contribution in [2.24, 2.45) is 5.73 Å². The van der Waals surface area contributed by atoms with Gasteiger partial charge in [-0.25, -0.2) is 0 Å². The van der Waals surface area contributed by atoms with Crippen molar-refractivity contribution in [3.05, 3.63) is 0 Å². The topological polar surface area (TPSA) is 292 Å². The molecule has 0 aromatic rings. The molecule has 2 fully saturated rings. The van der Waals surface area contributed by atoms with Crippen LogP contribution in [0.2, 0.25) is 0 Å². The van der Waals surface area contributed by atoms with Gasteiger partial charge in [0.15, 0.2) is 36.6 Å². The van der Waals surface area contributed by atoms with Crippen LogP contribution in [0.3, 0.4) is 0 Å².